The fourth-order valence-electron chi connectivity index (χ4n) is 1.16. The number of anilines is 2. The molecule has 0 radical (unpaired) electrons. The van der Waals surface area contributed by atoms with Crippen molar-refractivity contribution in [2.45, 2.75) is 9.79 Å². The van der Waals surface area contributed by atoms with Gasteiger partial charge in [0.2, 0.25) is 0 Å². The number of nitrogen functional groups attached to an aromatic ring is 2. The third kappa shape index (κ3) is 2.57. The number of nitrogens with two attached hydrogens (primary N) is 2. The van der Waals surface area contributed by atoms with E-state index in [-0.39, 0.29) is 11.6 Å². The van der Waals surface area contributed by atoms with Crippen molar-refractivity contribution in [2.24, 2.45) is 0 Å². The van der Waals surface area contributed by atoms with Gasteiger partial charge in [-0.15, -0.1) is 0 Å². The van der Waals surface area contributed by atoms with E-state index in [0.717, 1.165) is 9.79 Å². The fraction of sp³-hybridized carbons (Fsp3) is 0. The van der Waals surface area contributed by atoms with Crippen LogP contribution in [-0.4, -0.2) is 9.97 Å². The summed E-state index contributed by atoms with van der Waals surface area (Å²) in [5, 5.41) is 0.813. The Morgan fingerprint density at radius 3 is 1.71 bits per heavy atom. The normalized spacial score (nSPS) is 10.5. The van der Waals surface area contributed by atoms with Gasteiger partial charge in [-0.3, -0.25) is 0 Å². The number of halogens is 2. The van der Waals surface area contributed by atoms with E-state index in [0.29, 0.717) is 10.0 Å². The van der Waals surface area contributed by atoms with E-state index in [1.165, 1.54) is 11.8 Å². The molecule has 2 heterocycles. The van der Waals surface area contributed by atoms with E-state index in [4.69, 9.17) is 34.7 Å². The topological polar surface area (TPSA) is 77.8 Å². The third-order valence-corrected chi connectivity index (χ3v) is 4.12. The second kappa shape index (κ2) is 5.00. The summed E-state index contributed by atoms with van der Waals surface area (Å²) in [7, 11) is 0. The van der Waals surface area contributed by atoms with Gasteiger partial charge in [-0.1, -0.05) is 35.0 Å². The van der Waals surface area contributed by atoms with E-state index < -0.39 is 0 Å². The average molecular weight is 287 g/mol. The highest BCUT2D eigenvalue weighted by atomic mass is 35.5. The van der Waals surface area contributed by atoms with Gasteiger partial charge >= 0.3 is 0 Å². The van der Waals surface area contributed by atoms with Crippen molar-refractivity contribution in [3.05, 3.63) is 34.6 Å². The van der Waals surface area contributed by atoms with Crippen LogP contribution in [0, 0.1) is 0 Å². The molecule has 0 aliphatic rings. The fourth-order valence-corrected chi connectivity index (χ4v) is 2.50. The molecule has 17 heavy (non-hydrogen) atoms. The van der Waals surface area contributed by atoms with Gasteiger partial charge < -0.3 is 11.5 Å². The maximum absolute atomic E-state index is 6.04. The second-order valence-corrected chi connectivity index (χ2v) is 4.96. The Hall–Kier alpha value is -1.17. The summed E-state index contributed by atoms with van der Waals surface area (Å²) in [5.74, 6) is 0.574. The van der Waals surface area contributed by atoms with Crippen molar-refractivity contribution in [2.75, 3.05) is 11.5 Å². The maximum Gasteiger partial charge on any atom is 0.143 e. The lowest BCUT2D eigenvalue weighted by Crippen LogP contribution is -1.93. The molecule has 4 N–H and O–H groups in total. The van der Waals surface area contributed by atoms with Crippen LogP contribution in [0.15, 0.2) is 34.3 Å². The molecule has 0 amide bonds. The molecule has 0 bridgehead atoms. The first-order valence-electron chi connectivity index (χ1n) is 4.57. The SMILES string of the molecule is Nc1nccc(Sc2ccnc(N)c2Cl)c1Cl. The Labute approximate surface area is 112 Å². The van der Waals surface area contributed by atoms with E-state index >= 15 is 0 Å². The van der Waals surface area contributed by atoms with Gasteiger partial charge in [0.1, 0.15) is 11.6 Å². The average Bonchev–Trinajstić information content (AvgIpc) is 2.31. The molecular formula is C10H8Cl2N4S. The molecule has 4 nitrogen and oxygen atoms in total. The minimum Gasteiger partial charge on any atom is -0.382 e. The van der Waals surface area contributed by atoms with Crippen LogP contribution < -0.4 is 11.5 Å². The summed E-state index contributed by atoms with van der Waals surface area (Å²) in [6.07, 6.45) is 3.17. The number of pyridine rings is 2. The van der Waals surface area contributed by atoms with Crippen molar-refractivity contribution >= 4 is 46.6 Å². The summed E-state index contributed by atoms with van der Waals surface area (Å²) < 4.78 is 0. The molecule has 0 saturated heterocycles. The van der Waals surface area contributed by atoms with Crippen LogP contribution in [-0.2, 0) is 0 Å². The van der Waals surface area contributed by atoms with E-state index in [9.17, 15) is 0 Å². The highest BCUT2D eigenvalue weighted by Gasteiger charge is 2.10. The molecule has 7 heteroatoms. The van der Waals surface area contributed by atoms with Gasteiger partial charge in [-0.2, -0.15) is 0 Å². The van der Waals surface area contributed by atoms with Crippen LogP contribution in [0.1, 0.15) is 0 Å². The molecule has 0 unspecified atom stereocenters. The monoisotopic (exact) mass is 286 g/mol. The number of rotatable bonds is 2. The van der Waals surface area contributed by atoms with Crippen molar-refractivity contribution < 1.29 is 0 Å². The van der Waals surface area contributed by atoms with Gasteiger partial charge in [-0.05, 0) is 12.1 Å². The molecule has 2 rings (SSSR count). The number of nitrogens with zero attached hydrogens (tertiary/aromatic N) is 2. The highest BCUT2D eigenvalue weighted by molar-refractivity contribution is 7.99. The summed E-state index contributed by atoms with van der Waals surface area (Å²) in [4.78, 5) is 9.31. The smallest absolute Gasteiger partial charge is 0.143 e. The van der Waals surface area contributed by atoms with Crippen LogP contribution in [0.5, 0.6) is 0 Å². The Kier molecular flexibility index (Phi) is 3.61. The van der Waals surface area contributed by atoms with Crippen LogP contribution in [0.25, 0.3) is 0 Å². The van der Waals surface area contributed by atoms with Gasteiger partial charge in [0, 0.05) is 22.2 Å². The minimum atomic E-state index is 0.287. The Morgan fingerprint density at radius 1 is 0.882 bits per heavy atom. The van der Waals surface area contributed by atoms with Gasteiger partial charge in [-0.25, -0.2) is 9.97 Å². The third-order valence-electron chi connectivity index (χ3n) is 1.98. The van der Waals surface area contributed by atoms with Gasteiger partial charge in [0.05, 0.1) is 10.0 Å². The van der Waals surface area contributed by atoms with Crippen LogP contribution in [0.2, 0.25) is 10.0 Å². The second-order valence-electron chi connectivity index (χ2n) is 3.12. The summed E-state index contributed by atoms with van der Waals surface area (Å²) >= 11 is 13.4. The number of hydrogen-bond acceptors (Lipinski definition) is 5. The number of aromatic nitrogens is 2. The predicted molar refractivity (Wildman–Crippen MR) is 71.4 cm³/mol. The minimum absolute atomic E-state index is 0.287. The molecule has 0 aliphatic heterocycles. The zero-order valence-corrected chi connectivity index (χ0v) is 10.9. The Morgan fingerprint density at radius 2 is 1.29 bits per heavy atom. The zero-order chi connectivity index (χ0) is 12.4. The zero-order valence-electron chi connectivity index (χ0n) is 8.52. The Bertz CT molecular complexity index is 512. The predicted octanol–water partition coefficient (Wildman–Crippen LogP) is 3.10. The molecule has 2 aromatic rings. The summed E-state index contributed by atoms with van der Waals surface area (Å²) in [6.45, 7) is 0. The number of hydrogen-bond donors (Lipinski definition) is 2. The highest BCUT2D eigenvalue weighted by Crippen LogP contribution is 2.39. The molecule has 0 aromatic carbocycles. The molecule has 0 spiro atoms. The van der Waals surface area contributed by atoms with Crippen molar-refractivity contribution in [1.29, 1.82) is 0 Å². The largest absolute Gasteiger partial charge is 0.382 e. The van der Waals surface area contributed by atoms with Crippen LogP contribution >= 0.6 is 35.0 Å². The molecule has 0 fully saturated rings. The maximum atomic E-state index is 6.04. The summed E-state index contributed by atoms with van der Waals surface area (Å²) in [6, 6.07) is 3.52. The molecule has 0 aliphatic carbocycles. The first kappa shape index (κ1) is 12.3. The van der Waals surface area contributed by atoms with Gasteiger partial charge in [0.15, 0.2) is 0 Å². The molecule has 0 saturated carbocycles. The lowest BCUT2D eigenvalue weighted by molar-refractivity contribution is 1.25. The lowest BCUT2D eigenvalue weighted by Gasteiger charge is -2.07. The lowest BCUT2D eigenvalue weighted by atomic mass is 10.4. The first-order valence-corrected chi connectivity index (χ1v) is 6.14. The molecule has 2 aromatic heterocycles. The molecular weight excluding hydrogens is 279 g/mol. The van der Waals surface area contributed by atoms with Crippen molar-refractivity contribution in [1.82, 2.24) is 9.97 Å². The van der Waals surface area contributed by atoms with Crippen molar-refractivity contribution in [3.8, 4) is 0 Å². The van der Waals surface area contributed by atoms with E-state index in [2.05, 4.69) is 9.97 Å². The first-order chi connectivity index (χ1) is 8.09. The summed E-state index contributed by atoms with van der Waals surface area (Å²) in [5.41, 5.74) is 11.2. The molecule has 88 valence electrons. The Balaban J connectivity index is 2.38. The van der Waals surface area contributed by atoms with Crippen molar-refractivity contribution in [3.63, 3.8) is 0 Å². The standard InChI is InChI=1S/C10H8Cl2N4S/c11-7-5(1-3-15-9(7)13)17-6-2-4-16-10(14)8(6)12/h1-4H,(H2,13,15)(H2,14,16). The van der Waals surface area contributed by atoms with Crippen LogP contribution in [0.4, 0.5) is 11.6 Å². The quantitative estimate of drug-likeness (QED) is 0.887. The molecule has 0 atom stereocenters. The van der Waals surface area contributed by atoms with E-state index in [1.54, 1.807) is 24.5 Å². The van der Waals surface area contributed by atoms with Crippen LogP contribution in [0.3, 0.4) is 0 Å². The van der Waals surface area contributed by atoms with Gasteiger partial charge in [0.25, 0.3) is 0 Å². The van der Waals surface area contributed by atoms with E-state index in [1.807, 2.05) is 0 Å².